The van der Waals surface area contributed by atoms with Gasteiger partial charge in [0.15, 0.2) is 0 Å². The zero-order chi connectivity index (χ0) is 13.5. The number of hydrogen-bond acceptors (Lipinski definition) is 4. The second-order valence-corrected chi connectivity index (χ2v) is 4.94. The van der Waals surface area contributed by atoms with Crippen molar-refractivity contribution in [1.82, 2.24) is 0 Å². The Morgan fingerprint density at radius 1 is 1.06 bits per heavy atom. The van der Waals surface area contributed by atoms with Gasteiger partial charge in [-0.15, -0.1) is 0 Å². The first kappa shape index (κ1) is 15.8. The van der Waals surface area contributed by atoms with Gasteiger partial charge in [-0.1, -0.05) is 13.8 Å². The summed E-state index contributed by atoms with van der Waals surface area (Å²) in [5.74, 6) is -0.174. The lowest BCUT2D eigenvalue weighted by Gasteiger charge is -2.22. The molecule has 0 aromatic rings. The number of Topliss-reactive ketones (excluding diaryl/α,β-unsaturated/α-hetero) is 2. The number of ketones is 2. The Labute approximate surface area is 103 Å². The standard InChI is InChI=1S/C13H22O4/c1-10(14)6-5-9-13(2,3)11(15)7-8-12(16)17-4/h5-9H2,1-4H3. The van der Waals surface area contributed by atoms with E-state index in [2.05, 4.69) is 4.74 Å². The van der Waals surface area contributed by atoms with E-state index in [-0.39, 0.29) is 30.4 Å². The summed E-state index contributed by atoms with van der Waals surface area (Å²) in [7, 11) is 1.31. The molecule has 0 aromatic carbocycles. The van der Waals surface area contributed by atoms with Gasteiger partial charge in [0.2, 0.25) is 0 Å². The number of methoxy groups -OCH3 is 1. The molecule has 0 heterocycles. The Morgan fingerprint density at radius 2 is 1.65 bits per heavy atom. The Morgan fingerprint density at radius 3 is 2.12 bits per heavy atom. The van der Waals surface area contributed by atoms with E-state index in [1.54, 1.807) is 6.92 Å². The van der Waals surface area contributed by atoms with Gasteiger partial charge in [-0.25, -0.2) is 0 Å². The highest BCUT2D eigenvalue weighted by Crippen LogP contribution is 2.26. The van der Waals surface area contributed by atoms with Crippen LogP contribution in [0.5, 0.6) is 0 Å². The molecule has 0 amide bonds. The smallest absolute Gasteiger partial charge is 0.305 e. The molecular formula is C13H22O4. The molecule has 0 bridgehead atoms. The minimum absolute atomic E-state index is 0.0476. The number of rotatable bonds is 8. The lowest BCUT2D eigenvalue weighted by molar-refractivity contribution is -0.142. The van der Waals surface area contributed by atoms with Gasteiger partial charge in [0.1, 0.15) is 11.6 Å². The average Bonchev–Trinajstić information content (AvgIpc) is 2.24. The fraction of sp³-hybridized carbons (Fsp3) is 0.769. The quantitative estimate of drug-likeness (QED) is 0.613. The van der Waals surface area contributed by atoms with Gasteiger partial charge < -0.3 is 9.53 Å². The number of hydrogen-bond donors (Lipinski definition) is 0. The molecule has 98 valence electrons. The van der Waals surface area contributed by atoms with Crippen LogP contribution in [-0.4, -0.2) is 24.6 Å². The van der Waals surface area contributed by atoms with Crippen molar-refractivity contribution in [3.05, 3.63) is 0 Å². The fourth-order valence-electron chi connectivity index (χ4n) is 1.57. The van der Waals surface area contributed by atoms with E-state index in [1.807, 2.05) is 13.8 Å². The van der Waals surface area contributed by atoms with Gasteiger partial charge in [-0.2, -0.15) is 0 Å². The molecule has 17 heavy (non-hydrogen) atoms. The third-order valence-corrected chi connectivity index (χ3v) is 2.87. The normalized spacial score (nSPS) is 11.1. The molecule has 0 spiro atoms. The van der Waals surface area contributed by atoms with E-state index in [1.165, 1.54) is 7.11 Å². The van der Waals surface area contributed by atoms with Crippen LogP contribution in [0.2, 0.25) is 0 Å². The minimum atomic E-state index is -0.469. The zero-order valence-electron chi connectivity index (χ0n) is 11.2. The van der Waals surface area contributed by atoms with Gasteiger partial charge in [0, 0.05) is 18.3 Å². The highest BCUT2D eigenvalue weighted by molar-refractivity contribution is 5.87. The van der Waals surface area contributed by atoms with Gasteiger partial charge >= 0.3 is 5.97 Å². The second-order valence-electron chi connectivity index (χ2n) is 4.94. The van der Waals surface area contributed by atoms with E-state index in [0.717, 1.165) is 0 Å². The van der Waals surface area contributed by atoms with E-state index < -0.39 is 5.41 Å². The first-order valence-corrected chi connectivity index (χ1v) is 5.89. The summed E-state index contributed by atoms with van der Waals surface area (Å²) in [5.41, 5.74) is -0.469. The maximum Gasteiger partial charge on any atom is 0.305 e. The molecule has 0 aliphatic rings. The predicted octanol–water partition coefficient (Wildman–Crippen LogP) is 2.29. The van der Waals surface area contributed by atoms with E-state index in [9.17, 15) is 14.4 Å². The average molecular weight is 242 g/mol. The molecule has 4 nitrogen and oxygen atoms in total. The zero-order valence-corrected chi connectivity index (χ0v) is 11.2. The number of carbonyl (C=O) groups is 3. The highest BCUT2D eigenvalue weighted by Gasteiger charge is 2.27. The molecule has 0 atom stereocenters. The van der Waals surface area contributed by atoms with E-state index in [4.69, 9.17) is 0 Å². The van der Waals surface area contributed by atoms with Gasteiger partial charge in [-0.3, -0.25) is 9.59 Å². The maximum absolute atomic E-state index is 11.9. The highest BCUT2D eigenvalue weighted by atomic mass is 16.5. The number of ether oxygens (including phenoxy) is 1. The number of carbonyl (C=O) groups excluding carboxylic acids is 3. The van der Waals surface area contributed by atoms with Crippen LogP contribution >= 0.6 is 0 Å². The largest absolute Gasteiger partial charge is 0.469 e. The summed E-state index contributed by atoms with van der Waals surface area (Å²) in [6.07, 6.45) is 2.23. The Hall–Kier alpha value is -1.19. The fourth-order valence-corrected chi connectivity index (χ4v) is 1.57. The Balaban J connectivity index is 4.06. The summed E-state index contributed by atoms with van der Waals surface area (Å²) in [6, 6.07) is 0. The third-order valence-electron chi connectivity index (χ3n) is 2.87. The summed E-state index contributed by atoms with van der Waals surface area (Å²) < 4.78 is 4.49. The van der Waals surface area contributed by atoms with Crippen LogP contribution in [0.3, 0.4) is 0 Å². The predicted molar refractivity (Wildman–Crippen MR) is 64.6 cm³/mol. The molecule has 0 saturated carbocycles. The van der Waals surface area contributed by atoms with Crippen LogP contribution in [-0.2, 0) is 19.1 Å². The van der Waals surface area contributed by atoms with E-state index in [0.29, 0.717) is 19.3 Å². The third kappa shape index (κ3) is 6.87. The van der Waals surface area contributed by atoms with Crippen LogP contribution < -0.4 is 0 Å². The van der Waals surface area contributed by atoms with Gasteiger partial charge in [0.25, 0.3) is 0 Å². The van der Waals surface area contributed by atoms with Crippen LogP contribution in [0.15, 0.2) is 0 Å². The molecule has 4 heteroatoms. The first-order chi connectivity index (χ1) is 7.79. The van der Waals surface area contributed by atoms with Crippen molar-refractivity contribution >= 4 is 17.5 Å². The molecule has 0 radical (unpaired) electrons. The van der Waals surface area contributed by atoms with Crippen LogP contribution in [0.25, 0.3) is 0 Å². The van der Waals surface area contributed by atoms with Crippen molar-refractivity contribution in [2.24, 2.45) is 5.41 Å². The van der Waals surface area contributed by atoms with Crippen LogP contribution in [0.4, 0.5) is 0 Å². The van der Waals surface area contributed by atoms with Crippen molar-refractivity contribution in [3.63, 3.8) is 0 Å². The van der Waals surface area contributed by atoms with Crippen molar-refractivity contribution in [2.75, 3.05) is 7.11 Å². The van der Waals surface area contributed by atoms with Crippen molar-refractivity contribution in [3.8, 4) is 0 Å². The summed E-state index contributed by atoms with van der Waals surface area (Å²) in [4.78, 5) is 33.6. The van der Waals surface area contributed by atoms with Crippen LogP contribution in [0, 0.1) is 5.41 Å². The van der Waals surface area contributed by atoms with E-state index >= 15 is 0 Å². The minimum Gasteiger partial charge on any atom is -0.469 e. The summed E-state index contributed by atoms with van der Waals surface area (Å²) >= 11 is 0. The topological polar surface area (TPSA) is 60.4 Å². The van der Waals surface area contributed by atoms with Gasteiger partial charge in [0.05, 0.1) is 13.5 Å². The molecule has 0 aliphatic heterocycles. The molecule has 0 aromatic heterocycles. The van der Waals surface area contributed by atoms with Crippen molar-refractivity contribution in [1.29, 1.82) is 0 Å². The monoisotopic (exact) mass is 242 g/mol. The maximum atomic E-state index is 11.9. The van der Waals surface area contributed by atoms with Gasteiger partial charge in [-0.05, 0) is 19.8 Å². The molecule has 0 fully saturated rings. The molecule has 0 unspecified atom stereocenters. The molecule has 0 aliphatic carbocycles. The first-order valence-electron chi connectivity index (χ1n) is 5.89. The lowest BCUT2D eigenvalue weighted by Crippen LogP contribution is -2.25. The summed E-state index contributed by atoms with van der Waals surface area (Å²) in [6.45, 7) is 5.26. The van der Waals surface area contributed by atoms with Crippen molar-refractivity contribution < 1.29 is 19.1 Å². The summed E-state index contributed by atoms with van der Waals surface area (Å²) in [5, 5.41) is 0. The molecule has 0 N–H and O–H groups in total. The lowest BCUT2D eigenvalue weighted by atomic mass is 9.81. The van der Waals surface area contributed by atoms with Crippen LogP contribution in [0.1, 0.15) is 52.9 Å². The Kier molecular flexibility index (Phi) is 6.69. The molecular weight excluding hydrogens is 220 g/mol. The molecule has 0 rings (SSSR count). The SMILES string of the molecule is COC(=O)CCC(=O)C(C)(C)CCCC(C)=O. The second kappa shape index (κ2) is 7.20. The van der Waals surface area contributed by atoms with Crippen molar-refractivity contribution in [2.45, 2.75) is 52.9 Å². The molecule has 0 saturated heterocycles. The Bertz CT molecular complexity index is 292. The number of esters is 1.